The van der Waals surface area contributed by atoms with Crippen molar-refractivity contribution in [3.8, 4) is 5.69 Å². The zero-order chi connectivity index (χ0) is 24.5. The van der Waals surface area contributed by atoms with Crippen LogP contribution in [0.4, 0.5) is 5.69 Å². The van der Waals surface area contributed by atoms with Crippen molar-refractivity contribution in [2.24, 2.45) is 4.99 Å². The number of aromatic nitrogens is 1. The number of furan rings is 1. The Bertz CT molecular complexity index is 1450. The van der Waals surface area contributed by atoms with E-state index >= 15 is 0 Å². The van der Waals surface area contributed by atoms with Gasteiger partial charge in [-0.1, -0.05) is 35.9 Å². The molecule has 1 fully saturated rings. The van der Waals surface area contributed by atoms with E-state index in [1.54, 1.807) is 11.2 Å². The van der Waals surface area contributed by atoms with Crippen LogP contribution in [0.3, 0.4) is 0 Å². The summed E-state index contributed by atoms with van der Waals surface area (Å²) in [5.41, 5.74) is 5.94. The van der Waals surface area contributed by atoms with Crippen molar-refractivity contribution in [1.29, 1.82) is 0 Å². The van der Waals surface area contributed by atoms with Crippen molar-refractivity contribution < 1.29 is 9.21 Å². The van der Waals surface area contributed by atoms with E-state index in [1.165, 1.54) is 11.8 Å². The number of amidine groups is 1. The second kappa shape index (κ2) is 9.64. The summed E-state index contributed by atoms with van der Waals surface area (Å²) >= 11 is 7.77. The van der Waals surface area contributed by atoms with Gasteiger partial charge in [0.1, 0.15) is 5.76 Å². The van der Waals surface area contributed by atoms with Crippen molar-refractivity contribution in [2.45, 2.75) is 27.3 Å². The fraction of sp³-hybridized carbons (Fsp3) is 0.143. The van der Waals surface area contributed by atoms with E-state index in [0.717, 1.165) is 38.9 Å². The van der Waals surface area contributed by atoms with Gasteiger partial charge in [0.25, 0.3) is 5.91 Å². The van der Waals surface area contributed by atoms with E-state index in [1.807, 2.05) is 67.6 Å². The predicted molar refractivity (Wildman–Crippen MR) is 143 cm³/mol. The number of hydrogen-bond donors (Lipinski definition) is 0. The third kappa shape index (κ3) is 4.59. The first-order chi connectivity index (χ1) is 16.9. The van der Waals surface area contributed by atoms with Gasteiger partial charge < -0.3 is 8.98 Å². The van der Waals surface area contributed by atoms with E-state index in [4.69, 9.17) is 21.0 Å². The molecular weight excluding hydrogens is 478 g/mol. The summed E-state index contributed by atoms with van der Waals surface area (Å²) in [5.74, 6) is 0.611. The molecule has 7 heteroatoms. The molecule has 176 valence electrons. The Morgan fingerprint density at radius 1 is 1.03 bits per heavy atom. The molecule has 0 saturated carbocycles. The standard InChI is InChI=1S/C28H24ClN3O2S/c1-18-15-21(20(3)32(18)25-13-7-12-24(29)19(25)2)16-26-27(33)31(17-23-11-8-14-34-23)28(35-26)30-22-9-5-4-6-10-22/h4-16H,17H2,1-3H3. The topological polar surface area (TPSA) is 50.7 Å². The largest absolute Gasteiger partial charge is 0.467 e. The molecule has 0 radical (unpaired) electrons. The van der Waals surface area contributed by atoms with E-state index in [2.05, 4.69) is 30.5 Å². The van der Waals surface area contributed by atoms with E-state index in [0.29, 0.717) is 22.4 Å². The zero-order valence-electron chi connectivity index (χ0n) is 19.7. The number of nitrogens with zero attached hydrogens (tertiary/aromatic N) is 3. The minimum atomic E-state index is -0.0928. The normalized spacial score (nSPS) is 16.1. The molecule has 0 unspecified atom stereocenters. The fourth-order valence-electron chi connectivity index (χ4n) is 4.19. The number of aryl methyl sites for hydroxylation is 1. The number of amides is 1. The lowest BCUT2D eigenvalue weighted by molar-refractivity contribution is -0.122. The molecule has 1 amide bonds. The van der Waals surface area contributed by atoms with Crippen LogP contribution in [0.1, 0.15) is 28.3 Å². The monoisotopic (exact) mass is 501 g/mol. The van der Waals surface area contributed by atoms with Crippen molar-refractivity contribution in [3.63, 3.8) is 0 Å². The van der Waals surface area contributed by atoms with Crippen molar-refractivity contribution >= 4 is 46.2 Å². The SMILES string of the molecule is Cc1c(Cl)cccc1-n1c(C)cc(C=C2SC(=Nc3ccccc3)N(Cc3ccco3)C2=O)c1C. The van der Waals surface area contributed by atoms with Gasteiger partial charge in [-0.3, -0.25) is 9.69 Å². The first kappa shape index (κ1) is 23.3. The molecule has 5 rings (SSSR count). The first-order valence-corrected chi connectivity index (χ1v) is 12.4. The highest BCUT2D eigenvalue weighted by molar-refractivity contribution is 8.18. The van der Waals surface area contributed by atoms with E-state index in [-0.39, 0.29) is 5.91 Å². The zero-order valence-corrected chi connectivity index (χ0v) is 21.2. The average Bonchev–Trinajstić information content (AvgIpc) is 3.53. The summed E-state index contributed by atoms with van der Waals surface area (Å²) in [6, 6.07) is 21.3. The van der Waals surface area contributed by atoms with Gasteiger partial charge in [0.2, 0.25) is 0 Å². The molecule has 3 heterocycles. The van der Waals surface area contributed by atoms with Crippen molar-refractivity contribution in [2.75, 3.05) is 0 Å². The number of thioether (sulfide) groups is 1. The Hall–Kier alpha value is -3.48. The van der Waals surface area contributed by atoms with Crippen LogP contribution in [-0.4, -0.2) is 20.5 Å². The van der Waals surface area contributed by atoms with Crippen LogP contribution in [0.2, 0.25) is 5.02 Å². The van der Waals surface area contributed by atoms with Gasteiger partial charge in [-0.2, -0.15) is 0 Å². The highest BCUT2D eigenvalue weighted by Gasteiger charge is 2.34. The van der Waals surface area contributed by atoms with Crippen LogP contribution in [-0.2, 0) is 11.3 Å². The Labute approximate surface area is 213 Å². The van der Waals surface area contributed by atoms with Crippen molar-refractivity contribution in [3.05, 3.63) is 111 Å². The van der Waals surface area contributed by atoms with E-state index < -0.39 is 0 Å². The van der Waals surface area contributed by atoms with Gasteiger partial charge in [-0.25, -0.2) is 4.99 Å². The van der Waals surface area contributed by atoms with Crippen LogP contribution in [0.15, 0.2) is 87.3 Å². The molecule has 0 aliphatic carbocycles. The maximum atomic E-state index is 13.5. The lowest BCUT2D eigenvalue weighted by Gasteiger charge is -2.14. The first-order valence-electron chi connectivity index (χ1n) is 11.2. The molecule has 2 aromatic carbocycles. The third-order valence-corrected chi connectivity index (χ3v) is 7.42. The van der Waals surface area contributed by atoms with Gasteiger partial charge in [-0.15, -0.1) is 0 Å². The van der Waals surface area contributed by atoms with Gasteiger partial charge >= 0.3 is 0 Å². The van der Waals surface area contributed by atoms with Gasteiger partial charge in [-0.05, 0) is 92.2 Å². The molecule has 0 spiro atoms. The third-order valence-electron chi connectivity index (χ3n) is 6.00. The highest BCUT2D eigenvalue weighted by Crippen LogP contribution is 2.36. The Morgan fingerprint density at radius 2 is 1.83 bits per heavy atom. The summed E-state index contributed by atoms with van der Waals surface area (Å²) in [6.45, 7) is 6.46. The number of rotatable bonds is 5. The number of benzene rings is 2. The predicted octanol–water partition coefficient (Wildman–Crippen LogP) is 7.45. The number of carbonyl (C=O) groups is 1. The Kier molecular flexibility index (Phi) is 6.41. The Balaban J connectivity index is 1.54. The average molecular weight is 502 g/mol. The van der Waals surface area contributed by atoms with Gasteiger partial charge in [0, 0.05) is 22.1 Å². The minimum Gasteiger partial charge on any atom is -0.467 e. The molecule has 0 atom stereocenters. The maximum Gasteiger partial charge on any atom is 0.267 e. The number of halogens is 1. The van der Waals surface area contributed by atoms with E-state index in [9.17, 15) is 4.79 Å². The minimum absolute atomic E-state index is 0.0928. The second-order valence-corrected chi connectivity index (χ2v) is 9.77. The molecule has 5 nitrogen and oxygen atoms in total. The molecule has 35 heavy (non-hydrogen) atoms. The maximum absolute atomic E-state index is 13.5. The summed E-state index contributed by atoms with van der Waals surface area (Å²) in [7, 11) is 0. The number of aliphatic imine (C=N–C) groups is 1. The molecular formula is C28H24ClN3O2S. The highest BCUT2D eigenvalue weighted by atomic mass is 35.5. The lowest BCUT2D eigenvalue weighted by atomic mass is 10.2. The molecule has 0 bridgehead atoms. The smallest absolute Gasteiger partial charge is 0.267 e. The number of para-hydroxylation sites is 1. The molecule has 1 aliphatic rings. The van der Waals surface area contributed by atoms with Gasteiger partial charge in [0.15, 0.2) is 5.17 Å². The van der Waals surface area contributed by atoms with Gasteiger partial charge in [0.05, 0.1) is 23.4 Å². The van der Waals surface area contributed by atoms with Crippen LogP contribution in [0.5, 0.6) is 0 Å². The quantitative estimate of drug-likeness (QED) is 0.267. The fourth-order valence-corrected chi connectivity index (χ4v) is 5.34. The number of hydrogen-bond acceptors (Lipinski definition) is 4. The van der Waals surface area contributed by atoms with Crippen molar-refractivity contribution in [1.82, 2.24) is 9.47 Å². The summed E-state index contributed by atoms with van der Waals surface area (Å²) in [6.07, 6.45) is 3.56. The van der Waals surface area contributed by atoms with Crippen LogP contribution >= 0.6 is 23.4 Å². The molecule has 2 aromatic heterocycles. The summed E-state index contributed by atoms with van der Waals surface area (Å²) in [5, 5.41) is 1.36. The van der Waals surface area contributed by atoms with Crippen LogP contribution in [0.25, 0.3) is 11.8 Å². The number of carbonyl (C=O) groups excluding carboxylic acids is 1. The molecule has 4 aromatic rings. The molecule has 1 aliphatic heterocycles. The lowest BCUT2D eigenvalue weighted by Crippen LogP contribution is -2.28. The summed E-state index contributed by atoms with van der Waals surface area (Å²) in [4.78, 5) is 20.5. The van der Waals surface area contributed by atoms with Crippen LogP contribution in [0, 0.1) is 20.8 Å². The Morgan fingerprint density at radius 3 is 2.57 bits per heavy atom. The molecule has 1 saturated heterocycles. The second-order valence-electron chi connectivity index (χ2n) is 8.36. The van der Waals surface area contributed by atoms with Crippen LogP contribution < -0.4 is 0 Å². The molecule has 0 N–H and O–H groups in total. The summed E-state index contributed by atoms with van der Waals surface area (Å²) < 4.78 is 7.69.